The molecule has 5 atom stereocenters. The van der Waals surface area contributed by atoms with Crippen molar-refractivity contribution in [1.82, 2.24) is 30.4 Å². The quantitative estimate of drug-likeness (QED) is 0.0520. The maximum Gasteiger partial charge on any atom is 0.401 e. The number of aromatic nitrogens is 2. The monoisotopic (exact) mass is 968 g/mol. The van der Waals surface area contributed by atoms with Crippen LogP contribution in [-0.2, 0) is 36.8 Å². The fourth-order valence-electron chi connectivity index (χ4n) is 8.91. The number of β-amino-alcohol motifs (C(OH)–C–C–N with tert-alkyl or cyclic N) is 1. The van der Waals surface area contributed by atoms with Crippen molar-refractivity contribution in [3.8, 4) is 16.2 Å². The molecule has 0 aliphatic carbocycles. The minimum Gasteiger partial charge on any atom is -0.491 e. The molecule has 0 spiro atoms. The van der Waals surface area contributed by atoms with Gasteiger partial charge in [-0.1, -0.05) is 63.2 Å². The van der Waals surface area contributed by atoms with E-state index in [0.717, 1.165) is 49.7 Å². The van der Waals surface area contributed by atoms with E-state index in [9.17, 15) is 32.7 Å². The van der Waals surface area contributed by atoms with Gasteiger partial charge in [0.25, 0.3) is 0 Å². The fraction of sp³-hybridized carbons (Fsp3) is 0.469. The first-order valence-corrected chi connectivity index (χ1v) is 23.4. The number of likely N-dealkylation sites (tertiary alicyclic amines) is 1. The van der Waals surface area contributed by atoms with E-state index in [0.29, 0.717) is 17.6 Å². The number of nitrogens with zero attached hydrogens (tertiary/aromatic N) is 3. The van der Waals surface area contributed by atoms with E-state index in [1.807, 2.05) is 37.3 Å². The largest absolute Gasteiger partial charge is 0.491 e. The molecule has 366 valence electrons. The van der Waals surface area contributed by atoms with Crippen LogP contribution >= 0.6 is 11.3 Å². The van der Waals surface area contributed by atoms with Gasteiger partial charge in [0.15, 0.2) is 0 Å². The van der Waals surface area contributed by atoms with Crippen LogP contribution in [0.25, 0.3) is 21.3 Å². The summed E-state index contributed by atoms with van der Waals surface area (Å²) >= 11 is 1.55. The highest BCUT2D eigenvalue weighted by molar-refractivity contribution is 7.13. The first-order chi connectivity index (χ1) is 32.3. The normalized spacial score (nSPS) is 19.2. The number of fused-ring (bicyclic) bond motifs is 3. The van der Waals surface area contributed by atoms with E-state index < -0.39 is 83.3 Å². The van der Waals surface area contributed by atoms with Gasteiger partial charge < -0.3 is 39.8 Å². The molecule has 13 nitrogen and oxygen atoms in total. The Labute approximate surface area is 395 Å². The van der Waals surface area contributed by atoms with Crippen molar-refractivity contribution in [2.45, 2.75) is 96.9 Å². The number of amides is 3. The number of benzene rings is 3. The third-order valence-electron chi connectivity index (χ3n) is 12.2. The Morgan fingerprint density at radius 3 is 2.37 bits per heavy atom. The smallest absolute Gasteiger partial charge is 0.401 e. The van der Waals surface area contributed by atoms with Crippen molar-refractivity contribution in [2.75, 3.05) is 46.1 Å². The Kier molecular flexibility index (Phi) is 15.9. The van der Waals surface area contributed by atoms with Gasteiger partial charge in [0.2, 0.25) is 17.7 Å². The van der Waals surface area contributed by atoms with E-state index in [-0.39, 0.29) is 64.7 Å². The number of aliphatic hydroxyl groups is 1. The van der Waals surface area contributed by atoms with Crippen molar-refractivity contribution in [3.05, 3.63) is 106 Å². The summed E-state index contributed by atoms with van der Waals surface area (Å²) in [4.78, 5) is 51.3. The molecular weight excluding hydrogens is 912 g/mol. The number of para-hydroxylation sites is 1. The van der Waals surface area contributed by atoms with Gasteiger partial charge in [-0.15, -0.1) is 11.3 Å². The van der Waals surface area contributed by atoms with Gasteiger partial charge in [-0.05, 0) is 54.9 Å². The molecule has 1 saturated heterocycles. The summed E-state index contributed by atoms with van der Waals surface area (Å²) in [5, 5.41) is 17.0. The van der Waals surface area contributed by atoms with Crippen LogP contribution in [0.5, 0.6) is 5.75 Å². The summed E-state index contributed by atoms with van der Waals surface area (Å²) in [6.45, 7) is 7.60. The van der Waals surface area contributed by atoms with E-state index in [1.54, 1.807) is 62.7 Å². The van der Waals surface area contributed by atoms with Crippen LogP contribution in [0.1, 0.15) is 74.7 Å². The molecule has 0 bridgehead atoms. The van der Waals surface area contributed by atoms with Gasteiger partial charge in [-0.2, -0.15) is 13.2 Å². The van der Waals surface area contributed by atoms with Gasteiger partial charge >= 0.3 is 6.18 Å². The molecule has 3 aromatic carbocycles. The number of rotatable bonds is 18. The van der Waals surface area contributed by atoms with Gasteiger partial charge in [-0.25, -0.2) is 13.8 Å². The predicted molar refractivity (Wildman–Crippen MR) is 246 cm³/mol. The van der Waals surface area contributed by atoms with Crippen LogP contribution in [0.3, 0.4) is 0 Å². The molecule has 4 N–H and O–H groups in total. The maximum atomic E-state index is 15.8. The zero-order chi connectivity index (χ0) is 48.9. The van der Waals surface area contributed by atoms with E-state index >= 15 is 8.78 Å². The average molecular weight is 969 g/mol. The second-order valence-electron chi connectivity index (χ2n) is 18.4. The summed E-state index contributed by atoms with van der Waals surface area (Å²) in [5.41, 5.74) is 5.04. The van der Waals surface area contributed by atoms with Crippen LogP contribution in [-0.4, -0.2) is 119 Å². The molecule has 4 heterocycles. The Morgan fingerprint density at radius 2 is 1.69 bits per heavy atom. The SMILES string of the molecule is Cc1ncsc1-c1ccc(CNC(=O)[C@@H]2C[C@@H](O)CN2C(=O)[C@@H](NC(=O)COCCCOCCOc2cc(F)c([C@@H]3c4[nH]c5ccccc5c4C[C@@H](C)N3CC(F)(F)F)c(F)c2)C(C)(C)C)cc1. The van der Waals surface area contributed by atoms with Crippen molar-refractivity contribution in [3.63, 3.8) is 0 Å². The highest BCUT2D eigenvalue weighted by Crippen LogP contribution is 2.44. The van der Waals surface area contributed by atoms with E-state index in [1.165, 1.54) is 4.90 Å². The standard InChI is InChI=1S/C49H57F5N6O7S/c1-28-19-35-34-9-6-7-10-38(34)57-42(35)43(60(28)26-49(52,53)54)41-36(50)21-33(22-37(41)51)67-18-17-65-15-8-16-66-25-40(62)58-45(48(3,4)5)47(64)59-24-32(61)20-39(59)46(63)55-23-30-11-13-31(14-12-30)44-29(2)56-27-68-44/h6-7,9-14,21-22,27-28,32,39,43,45,57,61H,8,15-20,23-26H2,1-5H3,(H,55,63)(H,58,62)/t28-,32-,39+,43-,45-/m1/s1. The molecule has 2 aromatic heterocycles. The van der Waals surface area contributed by atoms with Gasteiger partial charge in [0.05, 0.1) is 41.4 Å². The summed E-state index contributed by atoms with van der Waals surface area (Å²) in [7, 11) is 0. The summed E-state index contributed by atoms with van der Waals surface area (Å²) in [6, 6.07) is 12.8. The Balaban J connectivity index is 0.844. The molecule has 5 aromatic rings. The summed E-state index contributed by atoms with van der Waals surface area (Å²) in [5.74, 6) is -3.72. The molecule has 68 heavy (non-hydrogen) atoms. The van der Waals surface area contributed by atoms with Crippen LogP contribution in [0, 0.1) is 24.0 Å². The molecule has 0 radical (unpaired) electrons. The summed E-state index contributed by atoms with van der Waals surface area (Å²) < 4.78 is 89.8. The van der Waals surface area contributed by atoms with Crippen LogP contribution in [0.15, 0.2) is 66.2 Å². The zero-order valence-corrected chi connectivity index (χ0v) is 39.4. The lowest BCUT2D eigenvalue weighted by Gasteiger charge is -2.41. The Hall–Kier alpha value is -5.47. The van der Waals surface area contributed by atoms with Crippen molar-refractivity contribution in [2.24, 2.45) is 5.41 Å². The number of alkyl halides is 3. The van der Waals surface area contributed by atoms with Crippen molar-refractivity contribution >= 4 is 40.0 Å². The van der Waals surface area contributed by atoms with Gasteiger partial charge in [-0.3, -0.25) is 19.3 Å². The molecule has 19 heteroatoms. The average Bonchev–Trinajstić information content (AvgIpc) is 4.00. The van der Waals surface area contributed by atoms with E-state index in [4.69, 9.17) is 14.2 Å². The van der Waals surface area contributed by atoms with Crippen molar-refractivity contribution in [1.29, 1.82) is 0 Å². The molecule has 2 aliphatic heterocycles. The number of aliphatic hydroxyl groups excluding tert-OH is 1. The second-order valence-corrected chi connectivity index (χ2v) is 19.3. The highest BCUT2D eigenvalue weighted by atomic mass is 32.1. The number of carbonyl (C=O) groups is 3. The fourth-order valence-corrected chi connectivity index (χ4v) is 9.72. The molecule has 2 aliphatic rings. The Bertz CT molecular complexity index is 2540. The molecule has 1 fully saturated rings. The second kappa shape index (κ2) is 21.4. The number of aryl methyl sites for hydroxylation is 1. The third kappa shape index (κ3) is 12.0. The molecule has 3 amide bonds. The number of hydrogen-bond acceptors (Lipinski definition) is 10. The van der Waals surface area contributed by atoms with Crippen molar-refractivity contribution < 1.29 is 55.7 Å². The first-order valence-electron chi connectivity index (χ1n) is 22.5. The first kappa shape index (κ1) is 50.4. The number of H-pyrrole nitrogens is 1. The number of hydrogen-bond donors (Lipinski definition) is 4. The number of aromatic amines is 1. The van der Waals surface area contributed by atoms with Crippen LogP contribution < -0.4 is 15.4 Å². The zero-order valence-electron chi connectivity index (χ0n) is 38.6. The molecule has 0 saturated carbocycles. The molecule has 7 rings (SSSR count). The minimum absolute atomic E-state index is 0.0316. The number of nitrogens with one attached hydrogen (secondary N) is 3. The molecular formula is C49H57F5N6O7S. The topological polar surface area (TPSA) is 158 Å². The van der Waals surface area contributed by atoms with Crippen LogP contribution in [0.2, 0.25) is 0 Å². The maximum absolute atomic E-state index is 15.8. The van der Waals surface area contributed by atoms with Crippen LogP contribution in [0.4, 0.5) is 22.0 Å². The summed E-state index contributed by atoms with van der Waals surface area (Å²) in [6.07, 6.45) is -4.85. The Morgan fingerprint density at radius 1 is 0.985 bits per heavy atom. The number of thiazole rings is 1. The lowest BCUT2D eigenvalue weighted by atomic mass is 9.85. The number of ether oxygens (including phenoxy) is 3. The molecule has 0 unspecified atom stereocenters. The number of carbonyl (C=O) groups excluding carboxylic acids is 3. The lowest BCUT2D eigenvalue weighted by molar-refractivity contribution is -0.155. The van der Waals surface area contributed by atoms with E-state index in [2.05, 4.69) is 20.6 Å². The van der Waals surface area contributed by atoms with Gasteiger partial charge in [0, 0.05) is 73.1 Å². The minimum atomic E-state index is -4.61. The highest BCUT2D eigenvalue weighted by Gasteiger charge is 2.46. The lowest BCUT2D eigenvalue weighted by Crippen LogP contribution is -2.58. The number of halogens is 5. The third-order valence-corrected chi connectivity index (χ3v) is 13.2. The predicted octanol–water partition coefficient (Wildman–Crippen LogP) is 7.39. The van der Waals surface area contributed by atoms with Gasteiger partial charge in [0.1, 0.15) is 42.7 Å².